The summed E-state index contributed by atoms with van der Waals surface area (Å²) in [7, 11) is 0. The lowest BCUT2D eigenvalue weighted by atomic mass is 10.1. The number of alkyl halides is 4. The third kappa shape index (κ3) is 5.50. The minimum Gasteiger partial charge on any atom is -0.490 e. The van der Waals surface area contributed by atoms with Crippen LogP contribution in [-0.4, -0.2) is 24.1 Å². The predicted molar refractivity (Wildman–Crippen MR) is 66.8 cm³/mol. The number of rotatable bonds is 6. The van der Waals surface area contributed by atoms with Crippen LogP contribution in [0.2, 0.25) is 0 Å². The van der Waals surface area contributed by atoms with Crippen LogP contribution in [0.25, 0.3) is 0 Å². The normalized spacial score (nSPS) is 11.2. The number of ether oxygens (including phenoxy) is 2. The fourth-order valence-corrected chi connectivity index (χ4v) is 1.61. The number of hydrogen-bond acceptors (Lipinski definition) is 3. The summed E-state index contributed by atoms with van der Waals surface area (Å²) in [5.41, 5.74) is 0.572. The van der Waals surface area contributed by atoms with Crippen LogP contribution in [0.1, 0.15) is 12.5 Å². The third-order valence-corrected chi connectivity index (χ3v) is 2.71. The summed E-state index contributed by atoms with van der Waals surface area (Å²) in [6.45, 7) is 1.84. The fourth-order valence-electron chi connectivity index (χ4n) is 1.41. The van der Waals surface area contributed by atoms with Gasteiger partial charge in [-0.05, 0) is 24.6 Å². The molecule has 0 N–H and O–H groups in total. The molecule has 7 heteroatoms. The van der Waals surface area contributed by atoms with Crippen LogP contribution in [-0.2, 0) is 11.2 Å². The van der Waals surface area contributed by atoms with Gasteiger partial charge in [0.2, 0.25) is 0 Å². The molecular formula is C12H12BrF3O3. The molecule has 0 unspecified atom stereocenters. The summed E-state index contributed by atoms with van der Waals surface area (Å²) < 4.78 is 45.5. The number of ketones is 1. The molecular weight excluding hydrogens is 329 g/mol. The van der Waals surface area contributed by atoms with Crippen LogP contribution in [0.4, 0.5) is 13.2 Å². The lowest BCUT2D eigenvalue weighted by Gasteiger charge is -2.14. The van der Waals surface area contributed by atoms with E-state index in [0.29, 0.717) is 5.56 Å². The van der Waals surface area contributed by atoms with Gasteiger partial charge in [0.25, 0.3) is 0 Å². The van der Waals surface area contributed by atoms with E-state index < -0.39 is 12.1 Å². The van der Waals surface area contributed by atoms with E-state index in [-0.39, 0.29) is 29.9 Å². The summed E-state index contributed by atoms with van der Waals surface area (Å²) in [4.78, 5) is 11.3. The van der Waals surface area contributed by atoms with Gasteiger partial charge in [-0.3, -0.25) is 4.79 Å². The minimum atomic E-state index is -4.78. The van der Waals surface area contributed by atoms with E-state index in [1.54, 1.807) is 6.92 Å². The highest BCUT2D eigenvalue weighted by Crippen LogP contribution is 2.33. The molecule has 106 valence electrons. The summed E-state index contributed by atoms with van der Waals surface area (Å²) in [6, 6.07) is 3.94. The smallest absolute Gasteiger partial charge is 0.490 e. The Morgan fingerprint density at radius 3 is 2.53 bits per heavy atom. The average molecular weight is 341 g/mol. The number of halogens is 4. The van der Waals surface area contributed by atoms with Crippen LogP contribution < -0.4 is 9.47 Å². The molecule has 0 bridgehead atoms. The van der Waals surface area contributed by atoms with Crippen molar-refractivity contribution >= 4 is 21.7 Å². The zero-order chi connectivity index (χ0) is 14.5. The Labute approximate surface area is 116 Å². The van der Waals surface area contributed by atoms with Crippen LogP contribution in [0.15, 0.2) is 18.2 Å². The fraction of sp³-hybridized carbons (Fsp3) is 0.417. The van der Waals surface area contributed by atoms with Crippen molar-refractivity contribution in [2.45, 2.75) is 19.7 Å². The van der Waals surface area contributed by atoms with Crippen molar-refractivity contribution in [3.8, 4) is 11.5 Å². The molecule has 1 aromatic carbocycles. The monoisotopic (exact) mass is 340 g/mol. The van der Waals surface area contributed by atoms with E-state index in [1.165, 1.54) is 12.1 Å². The van der Waals surface area contributed by atoms with Gasteiger partial charge in [-0.25, -0.2) is 0 Å². The van der Waals surface area contributed by atoms with E-state index >= 15 is 0 Å². The van der Waals surface area contributed by atoms with E-state index in [4.69, 9.17) is 4.74 Å². The van der Waals surface area contributed by atoms with Crippen molar-refractivity contribution in [1.29, 1.82) is 0 Å². The van der Waals surface area contributed by atoms with Crippen LogP contribution in [0, 0.1) is 0 Å². The van der Waals surface area contributed by atoms with Gasteiger partial charge >= 0.3 is 6.36 Å². The van der Waals surface area contributed by atoms with Crippen molar-refractivity contribution in [2.75, 3.05) is 11.9 Å². The Morgan fingerprint density at radius 2 is 2.00 bits per heavy atom. The van der Waals surface area contributed by atoms with Crippen LogP contribution in [0.5, 0.6) is 11.5 Å². The number of carbonyl (C=O) groups is 1. The van der Waals surface area contributed by atoms with Crippen molar-refractivity contribution < 1.29 is 27.4 Å². The molecule has 0 spiro atoms. The van der Waals surface area contributed by atoms with E-state index in [2.05, 4.69) is 20.7 Å². The number of Topliss-reactive ketones (excluding diaryl/α,β-unsaturated/α-hetero) is 1. The summed E-state index contributed by atoms with van der Waals surface area (Å²) >= 11 is 3.02. The Morgan fingerprint density at radius 1 is 1.32 bits per heavy atom. The maximum absolute atomic E-state index is 12.2. The van der Waals surface area contributed by atoms with Gasteiger partial charge in [0.05, 0.1) is 11.9 Å². The zero-order valence-electron chi connectivity index (χ0n) is 10.1. The Kier molecular flexibility index (Phi) is 5.65. The zero-order valence-corrected chi connectivity index (χ0v) is 11.7. The first-order valence-electron chi connectivity index (χ1n) is 5.45. The third-order valence-electron chi connectivity index (χ3n) is 2.08. The molecule has 0 fully saturated rings. The quantitative estimate of drug-likeness (QED) is 0.743. The molecule has 0 aliphatic rings. The average Bonchev–Trinajstić information content (AvgIpc) is 2.31. The molecule has 0 aliphatic heterocycles. The Bertz CT molecular complexity index is 446. The molecule has 0 saturated heterocycles. The second-order valence-corrected chi connectivity index (χ2v) is 4.17. The van der Waals surface area contributed by atoms with Crippen molar-refractivity contribution in [2.24, 2.45) is 0 Å². The van der Waals surface area contributed by atoms with E-state index in [9.17, 15) is 18.0 Å². The van der Waals surface area contributed by atoms with Gasteiger partial charge in [-0.1, -0.05) is 22.0 Å². The highest BCUT2D eigenvalue weighted by Gasteiger charge is 2.32. The largest absolute Gasteiger partial charge is 0.573 e. The second kappa shape index (κ2) is 6.79. The summed E-state index contributed by atoms with van der Waals surface area (Å²) in [5.74, 6) is -0.518. The molecule has 0 aromatic heterocycles. The molecule has 0 aliphatic carbocycles. The molecule has 0 amide bonds. The number of benzene rings is 1. The van der Waals surface area contributed by atoms with Gasteiger partial charge in [-0.15, -0.1) is 13.2 Å². The topological polar surface area (TPSA) is 35.5 Å². The van der Waals surface area contributed by atoms with Gasteiger partial charge in [0.1, 0.15) is 5.78 Å². The Hall–Kier alpha value is -1.24. The highest BCUT2D eigenvalue weighted by atomic mass is 79.9. The standard InChI is InChI=1S/C12H12BrF3O3/c1-2-18-11-6-8(5-9(17)7-13)3-4-10(11)19-12(14,15)16/h3-4,6H,2,5,7H2,1H3. The van der Waals surface area contributed by atoms with Crippen LogP contribution in [0.3, 0.4) is 0 Å². The lowest BCUT2D eigenvalue weighted by Crippen LogP contribution is -2.18. The van der Waals surface area contributed by atoms with Crippen molar-refractivity contribution in [3.63, 3.8) is 0 Å². The first-order valence-corrected chi connectivity index (χ1v) is 6.57. The van der Waals surface area contributed by atoms with Gasteiger partial charge in [0, 0.05) is 6.42 Å². The molecule has 0 heterocycles. The molecule has 1 aromatic rings. The minimum absolute atomic E-state index is 0.0281. The number of hydrogen-bond donors (Lipinski definition) is 0. The highest BCUT2D eigenvalue weighted by molar-refractivity contribution is 9.09. The Balaban J connectivity index is 2.97. The molecule has 0 atom stereocenters. The van der Waals surface area contributed by atoms with Gasteiger partial charge in [0.15, 0.2) is 11.5 Å². The summed E-state index contributed by atoms with van der Waals surface area (Å²) in [6.07, 6.45) is -4.66. The van der Waals surface area contributed by atoms with E-state index in [1.807, 2.05) is 0 Å². The summed E-state index contributed by atoms with van der Waals surface area (Å²) in [5, 5.41) is 0.192. The SMILES string of the molecule is CCOc1cc(CC(=O)CBr)ccc1OC(F)(F)F. The predicted octanol–water partition coefficient (Wildman–Crippen LogP) is 3.49. The first-order chi connectivity index (χ1) is 8.85. The van der Waals surface area contributed by atoms with Crippen molar-refractivity contribution in [3.05, 3.63) is 23.8 Å². The maximum Gasteiger partial charge on any atom is 0.573 e. The second-order valence-electron chi connectivity index (χ2n) is 3.61. The van der Waals surface area contributed by atoms with Gasteiger partial charge in [-0.2, -0.15) is 0 Å². The maximum atomic E-state index is 12.2. The molecule has 3 nitrogen and oxygen atoms in total. The molecule has 0 saturated carbocycles. The van der Waals surface area contributed by atoms with Crippen molar-refractivity contribution in [1.82, 2.24) is 0 Å². The van der Waals surface area contributed by atoms with E-state index in [0.717, 1.165) is 6.07 Å². The lowest BCUT2D eigenvalue weighted by molar-refractivity contribution is -0.275. The molecule has 19 heavy (non-hydrogen) atoms. The van der Waals surface area contributed by atoms with Gasteiger partial charge < -0.3 is 9.47 Å². The first kappa shape index (κ1) is 15.8. The molecule has 1 rings (SSSR count). The van der Waals surface area contributed by atoms with Crippen LogP contribution >= 0.6 is 15.9 Å². The molecule has 0 radical (unpaired) electrons. The number of carbonyl (C=O) groups excluding carboxylic acids is 1.